The number of aliphatic hydroxyl groups is 1. The van der Waals surface area contributed by atoms with Crippen molar-refractivity contribution in [2.24, 2.45) is 17.3 Å². The zero-order valence-corrected chi connectivity index (χ0v) is 17.5. The van der Waals surface area contributed by atoms with Crippen molar-refractivity contribution in [3.63, 3.8) is 0 Å². The molecule has 0 saturated heterocycles. The van der Waals surface area contributed by atoms with E-state index in [1.807, 2.05) is 0 Å². The number of hydrogen-bond acceptors (Lipinski definition) is 7. The number of nitriles is 1. The number of ketones is 1. The van der Waals surface area contributed by atoms with Gasteiger partial charge in [-0.15, -0.1) is 0 Å². The minimum atomic E-state index is -1.43. The second-order valence-electron chi connectivity index (χ2n) is 9.12. The molecular formula is C23H24N2O6. The molecule has 6 rings (SSSR count). The fraction of sp³-hybridized carbons (Fsp3) is 0.565. The Morgan fingerprint density at radius 3 is 2.68 bits per heavy atom. The summed E-state index contributed by atoms with van der Waals surface area (Å²) in [6.45, 7) is 0. The molecule has 31 heavy (non-hydrogen) atoms. The lowest BCUT2D eigenvalue weighted by molar-refractivity contribution is -0.161. The van der Waals surface area contributed by atoms with Crippen molar-refractivity contribution < 1.29 is 29.0 Å². The van der Waals surface area contributed by atoms with Gasteiger partial charge in [0.25, 0.3) is 0 Å². The molecule has 4 bridgehead atoms. The first-order valence-electron chi connectivity index (χ1n) is 10.5. The Labute approximate surface area is 179 Å². The number of para-hydroxylation sites is 1. The summed E-state index contributed by atoms with van der Waals surface area (Å²) in [5, 5.41) is 20.7. The molecule has 0 radical (unpaired) electrons. The molecule has 4 saturated carbocycles. The van der Waals surface area contributed by atoms with E-state index in [-0.39, 0.29) is 12.2 Å². The number of esters is 1. The predicted molar refractivity (Wildman–Crippen MR) is 107 cm³/mol. The average molecular weight is 424 g/mol. The van der Waals surface area contributed by atoms with E-state index in [4.69, 9.17) is 9.47 Å². The highest BCUT2D eigenvalue weighted by molar-refractivity contribution is 6.11. The third-order valence-corrected chi connectivity index (χ3v) is 8.45. The molecule has 1 amide bonds. The van der Waals surface area contributed by atoms with Gasteiger partial charge in [0.2, 0.25) is 0 Å². The van der Waals surface area contributed by atoms with Gasteiger partial charge in [0.1, 0.15) is 5.92 Å². The number of rotatable bonds is 3. The Bertz CT molecular complexity index is 1050. The number of Topliss-reactive ketones (excluding diaryl/α,β-unsaturated/α-hetero) is 1. The predicted octanol–water partition coefficient (Wildman–Crippen LogP) is 2.09. The molecule has 8 nitrogen and oxygen atoms in total. The Morgan fingerprint density at radius 1 is 1.26 bits per heavy atom. The maximum Gasteiger partial charge on any atom is 0.414 e. The number of fused-ring (bicyclic) bond motifs is 2. The summed E-state index contributed by atoms with van der Waals surface area (Å²) >= 11 is 0. The van der Waals surface area contributed by atoms with E-state index in [0.717, 1.165) is 0 Å². The summed E-state index contributed by atoms with van der Waals surface area (Å²) in [6.07, 6.45) is 0.0700. The standard InChI is InChI=1S/C23H24N2O6/c1-30-18(27)16-17(26)14-12-21(8-5-11-24)9-10-22(14)23(16,19(21)28)13-6-3-4-7-15(13)25(22)20(29)31-2/h3-4,6-7,14,16-17,26H,5,8-10,12H2,1-2H3/t14-,16+,17+,21-,22-,23+/m1/s1. The number of methoxy groups -OCH3 is 2. The monoisotopic (exact) mass is 424 g/mol. The Kier molecular flexibility index (Phi) is 4.06. The molecule has 0 unspecified atom stereocenters. The van der Waals surface area contributed by atoms with Gasteiger partial charge in [-0.3, -0.25) is 14.5 Å². The Balaban J connectivity index is 1.86. The molecule has 8 heteroatoms. The molecule has 1 aromatic rings. The summed E-state index contributed by atoms with van der Waals surface area (Å²) in [6, 6.07) is 9.21. The number of carbonyl (C=O) groups is 3. The number of amides is 1. The largest absolute Gasteiger partial charge is 0.469 e. The smallest absolute Gasteiger partial charge is 0.414 e. The Hall–Kier alpha value is -2.92. The van der Waals surface area contributed by atoms with E-state index >= 15 is 0 Å². The van der Waals surface area contributed by atoms with Gasteiger partial charge >= 0.3 is 12.1 Å². The van der Waals surface area contributed by atoms with Crippen molar-refractivity contribution in [2.75, 3.05) is 19.1 Å². The second kappa shape index (κ2) is 6.30. The van der Waals surface area contributed by atoms with Crippen LogP contribution in [0.1, 0.15) is 37.7 Å². The molecule has 0 aromatic heterocycles. The van der Waals surface area contributed by atoms with Crippen molar-refractivity contribution in [1.82, 2.24) is 0 Å². The summed E-state index contributed by atoms with van der Waals surface area (Å²) in [7, 11) is 2.53. The van der Waals surface area contributed by atoms with Crippen molar-refractivity contribution in [3.05, 3.63) is 29.8 Å². The Morgan fingerprint density at radius 2 is 2.00 bits per heavy atom. The highest BCUT2D eigenvalue weighted by Crippen LogP contribution is 2.76. The SMILES string of the molecule is COC(=O)[C@@H]1[C@@H](O)[C@H]2C[C@@]3(CCC#N)CC[C@@]24N(C(=O)OC)c2ccccc2[C@@]14C3=O. The van der Waals surface area contributed by atoms with Crippen LogP contribution >= 0.6 is 0 Å². The zero-order valence-electron chi connectivity index (χ0n) is 17.5. The maximum absolute atomic E-state index is 14.5. The van der Waals surface area contributed by atoms with E-state index < -0.39 is 46.4 Å². The van der Waals surface area contributed by atoms with E-state index in [0.29, 0.717) is 36.9 Å². The number of aliphatic hydroxyl groups excluding tert-OH is 1. The van der Waals surface area contributed by atoms with E-state index in [9.17, 15) is 24.8 Å². The van der Waals surface area contributed by atoms with Crippen molar-refractivity contribution in [2.45, 2.75) is 49.2 Å². The molecule has 1 heterocycles. The van der Waals surface area contributed by atoms with Crippen molar-refractivity contribution in [1.29, 1.82) is 5.26 Å². The summed E-state index contributed by atoms with van der Waals surface area (Å²) in [4.78, 5) is 42.1. The van der Waals surface area contributed by atoms with Gasteiger partial charge in [0.15, 0.2) is 5.78 Å². The van der Waals surface area contributed by atoms with Crippen LogP contribution in [0, 0.1) is 28.6 Å². The number of ether oxygens (including phenoxy) is 2. The molecular weight excluding hydrogens is 400 g/mol. The van der Waals surface area contributed by atoms with Crippen LogP contribution in [0.2, 0.25) is 0 Å². The van der Waals surface area contributed by atoms with Gasteiger partial charge in [-0.05, 0) is 37.3 Å². The molecule has 1 aliphatic heterocycles. The lowest BCUT2D eigenvalue weighted by Gasteiger charge is -2.61. The van der Waals surface area contributed by atoms with Crippen molar-refractivity contribution in [3.8, 4) is 6.07 Å². The van der Waals surface area contributed by atoms with E-state index in [1.54, 1.807) is 24.3 Å². The number of carbonyl (C=O) groups excluding carboxylic acids is 3. The van der Waals surface area contributed by atoms with E-state index in [1.165, 1.54) is 19.1 Å². The van der Waals surface area contributed by atoms with Gasteiger partial charge < -0.3 is 14.6 Å². The normalized spacial score (nSPS) is 39.0. The third kappa shape index (κ3) is 1.92. The minimum absolute atomic E-state index is 0.163. The molecule has 1 N–H and O–H groups in total. The molecule has 6 atom stereocenters. The van der Waals surface area contributed by atoms with Crippen LogP contribution in [0.4, 0.5) is 10.5 Å². The fourth-order valence-corrected chi connectivity index (χ4v) is 7.55. The molecule has 162 valence electrons. The van der Waals surface area contributed by atoms with Gasteiger partial charge in [-0.2, -0.15) is 5.26 Å². The van der Waals surface area contributed by atoms with Crippen LogP contribution in [0.15, 0.2) is 24.3 Å². The van der Waals surface area contributed by atoms with Crippen LogP contribution in [0.5, 0.6) is 0 Å². The topological polar surface area (TPSA) is 117 Å². The first-order chi connectivity index (χ1) is 14.9. The molecule has 1 aromatic carbocycles. The first kappa shape index (κ1) is 20.0. The van der Waals surface area contributed by atoms with Crippen LogP contribution in [-0.2, 0) is 24.5 Å². The van der Waals surface area contributed by atoms with Crippen LogP contribution in [-0.4, -0.2) is 48.8 Å². The van der Waals surface area contributed by atoms with E-state index in [2.05, 4.69) is 6.07 Å². The maximum atomic E-state index is 14.5. The van der Waals surface area contributed by atoms with Crippen LogP contribution in [0.25, 0.3) is 0 Å². The van der Waals surface area contributed by atoms with Crippen molar-refractivity contribution >= 4 is 23.5 Å². The molecule has 4 aliphatic carbocycles. The zero-order chi connectivity index (χ0) is 22.2. The van der Waals surface area contributed by atoms with Crippen LogP contribution < -0.4 is 4.90 Å². The van der Waals surface area contributed by atoms with Gasteiger partial charge in [-0.1, -0.05) is 18.2 Å². The summed E-state index contributed by atoms with van der Waals surface area (Å²) < 4.78 is 10.2. The number of hydrogen-bond donors (Lipinski definition) is 1. The summed E-state index contributed by atoms with van der Waals surface area (Å²) in [5.74, 6) is -2.47. The highest BCUT2D eigenvalue weighted by Gasteiger charge is 2.87. The first-order valence-corrected chi connectivity index (χ1v) is 10.5. The van der Waals surface area contributed by atoms with Gasteiger partial charge in [0.05, 0.1) is 43.0 Å². The summed E-state index contributed by atoms with van der Waals surface area (Å²) in [5.41, 5.74) is -2.26. The quantitative estimate of drug-likeness (QED) is 0.738. The van der Waals surface area contributed by atoms with Crippen LogP contribution in [0.3, 0.4) is 0 Å². The van der Waals surface area contributed by atoms with Gasteiger partial charge in [-0.25, -0.2) is 4.79 Å². The fourth-order valence-electron chi connectivity index (χ4n) is 7.55. The molecule has 5 aliphatic rings. The second-order valence-corrected chi connectivity index (χ2v) is 9.12. The lowest BCUT2D eigenvalue weighted by Crippen LogP contribution is -2.74. The molecule has 4 fully saturated rings. The lowest BCUT2D eigenvalue weighted by atomic mass is 9.43. The number of benzene rings is 1. The van der Waals surface area contributed by atoms with Gasteiger partial charge in [0, 0.05) is 17.8 Å². The third-order valence-electron chi connectivity index (χ3n) is 8.45. The average Bonchev–Trinajstić information content (AvgIpc) is 3.16. The molecule has 1 spiro atoms. The number of anilines is 1. The minimum Gasteiger partial charge on any atom is -0.469 e. The number of nitrogens with zero attached hydrogens (tertiary/aromatic N) is 2. The highest BCUT2D eigenvalue weighted by atomic mass is 16.5.